The average Bonchev–Trinajstić information content (AvgIpc) is 3.31. The molecular weight excluding hydrogens is 436 g/mol. The highest BCUT2D eigenvalue weighted by Gasteiger charge is 2.34. The van der Waals surface area contributed by atoms with Crippen LogP contribution in [0.1, 0.15) is 45.2 Å². The lowest BCUT2D eigenvalue weighted by molar-refractivity contribution is -0.126. The van der Waals surface area contributed by atoms with Crippen LogP contribution in [0.4, 0.5) is 0 Å². The van der Waals surface area contributed by atoms with E-state index in [-0.39, 0.29) is 24.4 Å². The maximum absolute atomic E-state index is 12.9. The summed E-state index contributed by atoms with van der Waals surface area (Å²) in [6.07, 6.45) is 1.33. The Bertz CT molecular complexity index is 976. The lowest BCUT2D eigenvalue weighted by Crippen LogP contribution is -2.45. The van der Waals surface area contributed by atoms with E-state index in [1.165, 1.54) is 15.6 Å². The molecule has 1 saturated heterocycles. The van der Waals surface area contributed by atoms with Gasteiger partial charge >= 0.3 is 0 Å². The zero-order valence-corrected chi connectivity index (χ0v) is 19.8. The van der Waals surface area contributed by atoms with Crippen molar-refractivity contribution in [2.45, 2.75) is 43.9 Å². The van der Waals surface area contributed by atoms with Crippen LogP contribution in [0.2, 0.25) is 0 Å². The second-order valence-electron chi connectivity index (χ2n) is 7.44. The number of hydrogen-bond acceptors (Lipinski definition) is 6. The Hall–Kier alpha value is -2.10. The van der Waals surface area contributed by atoms with Gasteiger partial charge in [0.05, 0.1) is 25.2 Å². The molecule has 31 heavy (non-hydrogen) atoms. The molecule has 0 unspecified atom stereocenters. The van der Waals surface area contributed by atoms with Gasteiger partial charge in [-0.05, 0) is 62.8 Å². The number of ether oxygens (including phenoxy) is 2. The van der Waals surface area contributed by atoms with E-state index in [9.17, 15) is 13.2 Å². The minimum atomic E-state index is -3.55. The maximum Gasteiger partial charge on any atom is 0.252 e. The lowest BCUT2D eigenvalue weighted by Gasteiger charge is -2.31. The number of rotatable bonds is 9. The van der Waals surface area contributed by atoms with E-state index in [0.717, 1.165) is 5.56 Å². The third-order valence-corrected chi connectivity index (χ3v) is 8.51. The number of nitrogens with one attached hydrogen (secondary N) is 1. The molecule has 1 aliphatic heterocycles. The number of amides is 1. The van der Waals surface area contributed by atoms with Crippen LogP contribution in [0.25, 0.3) is 0 Å². The highest BCUT2D eigenvalue weighted by molar-refractivity contribution is 7.91. The van der Waals surface area contributed by atoms with Crippen molar-refractivity contribution in [1.82, 2.24) is 9.62 Å². The molecule has 1 aromatic heterocycles. The number of piperidine rings is 1. The van der Waals surface area contributed by atoms with Gasteiger partial charge in [0.1, 0.15) is 4.21 Å². The van der Waals surface area contributed by atoms with Gasteiger partial charge in [-0.3, -0.25) is 4.79 Å². The summed E-state index contributed by atoms with van der Waals surface area (Å²) in [7, 11) is -3.55. The summed E-state index contributed by atoms with van der Waals surface area (Å²) in [5.74, 6) is 0.813. The van der Waals surface area contributed by atoms with E-state index in [2.05, 4.69) is 5.32 Å². The van der Waals surface area contributed by atoms with E-state index in [1.807, 2.05) is 39.0 Å². The van der Waals surface area contributed by atoms with Gasteiger partial charge in [0.15, 0.2) is 11.5 Å². The molecule has 1 amide bonds. The third kappa shape index (κ3) is 5.58. The Kier molecular flexibility index (Phi) is 7.96. The van der Waals surface area contributed by atoms with E-state index >= 15 is 0 Å². The van der Waals surface area contributed by atoms with Crippen LogP contribution in [-0.2, 0) is 14.8 Å². The first-order valence-electron chi connectivity index (χ1n) is 10.6. The van der Waals surface area contributed by atoms with Gasteiger partial charge in [-0.1, -0.05) is 12.1 Å². The molecule has 7 nitrogen and oxygen atoms in total. The van der Waals surface area contributed by atoms with Crippen molar-refractivity contribution in [3.8, 4) is 11.5 Å². The fourth-order valence-electron chi connectivity index (χ4n) is 3.66. The quantitative estimate of drug-likeness (QED) is 0.607. The molecule has 1 aliphatic rings. The second-order valence-corrected chi connectivity index (χ2v) is 10.5. The zero-order chi connectivity index (χ0) is 22.4. The van der Waals surface area contributed by atoms with Crippen molar-refractivity contribution in [3.63, 3.8) is 0 Å². The molecule has 2 heterocycles. The Morgan fingerprint density at radius 1 is 1.23 bits per heavy atom. The molecule has 1 N–H and O–H groups in total. The normalized spacial score (nSPS) is 18.4. The Labute approximate surface area is 188 Å². The predicted octanol–water partition coefficient (Wildman–Crippen LogP) is 3.82. The molecule has 0 aliphatic carbocycles. The second kappa shape index (κ2) is 10.5. The molecule has 1 aromatic carbocycles. The molecule has 0 saturated carbocycles. The topological polar surface area (TPSA) is 84.9 Å². The van der Waals surface area contributed by atoms with Gasteiger partial charge in [0, 0.05) is 13.1 Å². The summed E-state index contributed by atoms with van der Waals surface area (Å²) in [4.78, 5) is 12.9. The van der Waals surface area contributed by atoms with Gasteiger partial charge < -0.3 is 14.8 Å². The molecule has 2 atom stereocenters. The van der Waals surface area contributed by atoms with Gasteiger partial charge in [-0.15, -0.1) is 11.3 Å². The summed E-state index contributed by atoms with van der Waals surface area (Å²) in [5.41, 5.74) is 0.902. The minimum Gasteiger partial charge on any atom is -0.490 e. The van der Waals surface area contributed by atoms with Crippen molar-refractivity contribution in [1.29, 1.82) is 0 Å². The fraction of sp³-hybridized carbons (Fsp3) is 0.500. The fourth-order valence-corrected chi connectivity index (χ4v) is 6.33. The smallest absolute Gasteiger partial charge is 0.252 e. The summed E-state index contributed by atoms with van der Waals surface area (Å²) >= 11 is 1.20. The summed E-state index contributed by atoms with van der Waals surface area (Å²) < 4.78 is 38.7. The van der Waals surface area contributed by atoms with Crippen LogP contribution in [0.5, 0.6) is 11.5 Å². The van der Waals surface area contributed by atoms with Crippen molar-refractivity contribution in [2.75, 3.05) is 26.3 Å². The Morgan fingerprint density at radius 3 is 2.65 bits per heavy atom. The number of thiophene rings is 1. The molecule has 170 valence electrons. The molecule has 0 bridgehead atoms. The summed E-state index contributed by atoms with van der Waals surface area (Å²) in [6, 6.07) is 8.73. The van der Waals surface area contributed by atoms with Crippen molar-refractivity contribution >= 4 is 27.3 Å². The highest BCUT2D eigenvalue weighted by Crippen LogP contribution is 2.31. The van der Waals surface area contributed by atoms with Crippen molar-refractivity contribution in [2.24, 2.45) is 5.92 Å². The molecule has 2 aromatic rings. The summed E-state index contributed by atoms with van der Waals surface area (Å²) in [5, 5.41) is 4.79. The molecule has 1 fully saturated rings. The van der Waals surface area contributed by atoms with Crippen LogP contribution < -0.4 is 14.8 Å². The Morgan fingerprint density at radius 2 is 1.97 bits per heavy atom. The highest BCUT2D eigenvalue weighted by atomic mass is 32.2. The number of nitrogens with zero attached hydrogens (tertiary/aromatic N) is 1. The van der Waals surface area contributed by atoms with Gasteiger partial charge in [-0.2, -0.15) is 4.31 Å². The number of sulfonamides is 1. The number of carbonyl (C=O) groups is 1. The largest absolute Gasteiger partial charge is 0.490 e. The van der Waals surface area contributed by atoms with Crippen LogP contribution in [0, 0.1) is 5.92 Å². The first-order chi connectivity index (χ1) is 14.9. The zero-order valence-electron chi connectivity index (χ0n) is 18.2. The van der Waals surface area contributed by atoms with E-state index < -0.39 is 10.0 Å². The standard InChI is InChI=1S/C22H30N2O5S2/c1-4-28-19-11-10-17(14-20(19)29-5-2)16(3)23-22(25)18-8-6-12-24(15-18)31(26,27)21-9-7-13-30-21/h7,9-11,13-14,16,18H,4-6,8,12,15H2,1-3H3,(H,23,25)/t16-,18-/m1/s1. The van der Waals surface area contributed by atoms with Crippen molar-refractivity contribution in [3.05, 3.63) is 41.3 Å². The van der Waals surface area contributed by atoms with Crippen LogP contribution >= 0.6 is 11.3 Å². The number of hydrogen-bond donors (Lipinski definition) is 1. The van der Waals surface area contributed by atoms with Crippen molar-refractivity contribution < 1.29 is 22.7 Å². The number of benzene rings is 1. The first kappa shape index (κ1) is 23.6. The molecule has 3 rings (SSSR count). The van der Waals surface area contributed by atoms with Gasteiger partial charge in [0.25, 0.3) is 10.0 Å². The summed E-state index contributed by atoms with van der Waals surface area (Å²) in [6.45, 7) is 7.43. The lowest BCUT2D eigenvalue weighted by atomic mass is 9.98. The Balaban J connectivity index is 1.67. The van der Waals surface area contributed by atoms with E-state index in [1.54, 1.807) is 17.5 Å². The van der Waals surface area contributed by atoms with E-state index in [0.29, 0.717) is 48.3 Å². The van der Waals surface area contributed by atoms with Crippen LogP contribution in [0.3, 0.4) is 0 Å². The van der Waals surface area contributed by atoms with Crippen LogP contribution in [-0.4, -0.2) is 44.9 Å². The minimum absolute atomic E-state index is 0.134. The van der Waals surface area contributed by atoms with Gasteiger partial charge in [0.2, 0.25) is 5.91 Å². The molecule has 0 spiro atoms. The van der Waals surface area contributed by atoms with Gasteiger partial charge in [-0.25, -0.2) is 8.42 Å². The number of carbonyl (C=O) groups excluding carboxylic acids is 1. The molecule has 9 heteroatoms. The SMILES string of the molecule is CCOc1ccc([C@@H](C)NC(=O)[C@@H]2CCCN(S(=O)(=O)c3cccs3)C2)cc1OCC. The predicted molar refractivity (Wildman–Crippen MR) is 121 cm³/mol. The first-order valence-corrected chi connectivity index (χ1v) is 12.9. The van der Waals surface area contributed by atoms with Crippen LogP contribution in [0.15, 0.2) is 39.9 Å². The maximum atomic E-state index is 12.9. The third-order valence-electron chi connectivity index (χ3n) is 5.27. The molecular formula is C22H30N2O5S2. The average molecular weight is 467 g/mol. The monoisotopic (exact) mass is 466 g/mol. The molecule has 0 radical (unpaired) electrons. The van der Waals surface area contributed by atoms with E-state index in [4.69, 9.17) is 9.47 Å².